The molecule has 0 aliphatic carbocycles. The summed E-state index contributed by atoms with van der Waals surface area (Å²) in [5.41, 5.74) is 4.33. The van der Waals surface area contributed by atoms with Gasteiger partial charge in [-0.2, -0.15) is 5.10 Å². The van der Waals surface area contributed by atoms with Crippen LogP contribution in [0.15, 0.2) is 76.9 Å². The number of fused-ring (bicyclic) bond motifs is 1. The quantitative estimate of drug-likeness (QED) is 0.427. The largest absolute Gasteiger partial charge is 0.295 e. The third-order valence-corrected chi connectivity index (χ3v) is 4.41. The first-order valence-electron chi connectivity index (χ1n) is 8.68. The fraction of sp³-hybridized carbons (Fsp3) is 0.0476. The maximum Gasteiger partial charge on any atom is 0.280 e. The summed E-state index contributed by atoms with van der Waals surface area (Å²) in [4.78, 5) is 28.8. The lowest BCUT2D eigenvalue weighted by atomic mass is 10.1. The Hall–Kier alpha value is -4.00. The van der Waals surface area contributed by atoms with Crippen molar-refractivity contribution >= 4 is 22.9 Å². The summed E-state index contributed by atoms with van der Waals surface area (Å²) in [6.45, 7) is 1.79. The highest BCUT2D eigenvalue weighted by molar-refractivity contribution is 5.94. The number of hydrazone groups is 1. The Morgan fingerprint density at radius 2 is 1.96 bits per heavy atom. The van der Waals surface area contributed by atoms with E-state index < -0.39 is 5.91 Å². The maximum atomic E-state index is 12.9. The summed E-state index contributed by atoms with van der Waals surface area (Å²) in [6.07, 6.45) is 4.38. The molecule has 0 saturated carbocycles. The molecule has 7 heteroatoms. The topological polar surface area (TPSA) is 92.1 Å². The van der Waals surface area contributed by atoms with Crippen LogP contribution in [-0.4, -0.2) is 26.9 Å². The molecule has 0 unspecified atom stereocenters. The minimum Gasteiger partial charge on any atom is -0.295 e. The number of benzene rings is 2. The van der Waals surface area contributed by atoms with E-state index in [0.29, 0.717) is 16.8 Å². The van der Waals surface area contributed by atoms with Gasteiger partial charge in [-0.15, -0.1) is 0 Å². The number of hydrogen-bond acceptors (Lipinski definition) is 4. The Morgan fingerprint density at radius 3 is 2.79 bits per heavy atom. The van der Waals surface area contributed by atoms with Gasteiger partial charge in [0.25, 0.3) is 11.5 Å². The van der Waals surface area contributed by atoms with Crippen molar-refractivity contribution in [1.82, 2.24) is 20.2 Å². The summed E-state index contributed by atoms with van der Waals surface area (Å²) in [6, 6.07) is 16.9. The molecule has 2 aromatic carbocycles. The van der Waals surface area contributed by atoms with Crippen molar-refractivity contribution in [3.05, 3.63) is 94.2 Å². The molecule has 0 aliphatic heterocycles. The molecule has 2 heterocycles. The number of aryl methyl sites for hydroxylation is 1. The lowest BCUT2D eigenvalue weighted by Gasteiger charge is -2.06. The van der Waals surface area contributed by atoms with E-state index in [-0.39, 0.29) is 5.56 Å². The van der Waals surface area contributed by atoms with Crippen LogP contribution in [0.1, 0.15) is 21.6 Å². The molecule has 1 amide bonds. The second-order valence-electron chi connectivity index (χ2n) is 6.23. The molecule has 0 fully saturated rings. The third kappa shape index (κ3) is 3.21. The molecule has 28 heavy (non-hydrogen) atoms. The molecule has 0 bridgehead atoms. The predicted molar refractivity (Wildman–Crippen MR) is 108 cm³/mol. The van der Waals surface area contributed by atoms with E-state index in [1.54, 1.807) is 25.3 Å². The van der Waals surface area contributed by atoms with Crippen molar-refractivity contribution < 1.29 is 4.79 Å². The van der Waals surface area contributed by atoms with Gasteiger partial charge in [0.05, 0.1) is 23.0 Å². The number of hydrogen-bond donors (Lipinski definition) is 2. The lowest BCUT2D eigenvalue weighted by molar-refractivity contribution is 0.0955. The van der Waals surface area contributed by atoms with Crippen LogP contribution in [-0.2, 0) is 0 Å². The number of nitrogens with zero attached hydrogens (tertiary/aromatic N) is 3. The zero-order valence-electron chi connectivity index (χ0n) is 15.1. The summed E-state index contributed by atoms with van der Waals surface area (Å²) in [7, 11) is 0. The van der Waals surface area contributed by atoms with Gasteiger partial charge >= 0.3 is 0 Å². The van der Waals surface area contributed by atoms with E-state index in [9.17, 15) is 9.59 Å². The highest BCUT2D eigenvalue weighted by Crippen LogP contribution is 2.20. The Balaban J connectivity index is 1.65. The molecule has 7 nitrogen and oxygen atoms in total. The molecular weight excluding hydrogens is 354 g/mol. The van der Waals surface area contributed by atoms with Crippen molar-refractivity contribution in [3.63, 3.8) is 0 Å². The number of carbonyl (C=O) groups excluding carboxylic acids is 1. The van der Waals surface area contributed by atoms with Crippen LogP contribution >= 0.6 is 0 Å². The van der Waals surface area contributed by atoms with Crippen LogP contribution in [0.3, 0.4) is 0 Å². The molecule has 0 saturated heterocycles. The Labute approximate surface area is 160 Å². The number of amides is 1. The average molecular weight is 371 g/mol. The molecule has 4 aromatic rings. The van der Waals surface area contributed by atoms with Crippen LogP contribution in [0.25, 0.3) is 16.5 Å². The van der Waals surface area contributed by atoms with Crippen molar-refractivity contribution in [2.45, 2.75) is 6.92 Å². The van der Waals surface area contributed by atoms with Gasteiger partial charge in [0.1, 0.15) is 0 Å². The van der Waals surface area contributed by atoms with Gasteiger partial charge in [-0.3, -0.25) is 19.7 Å². The van der Waals surface area contributed by atoms with E-state index in [0.717, 1.165) is 16.5 Å². The van der Waals surface area contributed by atoms with Gasteiger partial charge in [-0.25, -0.2) is 10.1 Å². The highest BCUT2D eigenvalue weighted by atomic mass is 16.2. The molecule has 0 radical (unpaired) electrons. The standard InChI is InChI=1S/C21H17N5O2/c1-14-18(13-23-24-20(27)16-8-5-11-22-12-16)21(28)26(25-14)19-10-4-7-15-6-2-3-9-17(15)19/h2-13,25H,1H3,(H,24,27)/b23-13+. The number of pyridine rings is 1. The summed E-state index contributed by atoms with van der Waals surface area (Å²) >= 11 is 0. The van der Waals surface area contributed by atoms with Crippen molar-refractivity contribution in [1.29, 1.82) is 0 Å². The molecular formula is C21H17N5O2. The fourth-order valence-electron chi connectivity index (χ4n) is 3.00. The molecule has 2 aromatic heterocycles. The molecule has 0 spiro atoms. The number of aromatic amines is 1. The van der Waals surface area contributed by atoms with Crippen LogP contribution in [0, 0.1) is 6.92 Å². The van der Waals surface area contributed by atoms with Gasteiger partial charge in [0, 0.05) is 23.5 Å². The fourth-order valence-corrected chi connectivity index (χ4v) is 3.00. The van der Waals surface area contributed by atoms with Gasteiger partial charge < -0.3 is 0 Å². The second kappa shape index (κ2) is 7.32. The SMILES string of the molecule is Cc1[nH]n(-c2cccc3ccccc23)c(=O)c1/C=N/NC(=O)c1cccnc1. The first-order valence-corrected chi connectivity index (χ1v) is 8.68. The van der Waals surface area contributed by atoms with Crippen LogP contribution in [0.5, 0.6) is 0 Å². The number of carbonyl (C=O) groups is 1. The van der Waals surface area contributed by atoms with E-state index in [4.69, 9.17) is 0 Å². The lowest BCUT2D eigenvalue weighted by Crippen LogP contribution is -2.20. The third-order valence-electron chi connectivity index (χ3n) is 4.41. The zero-order chi connectivity index (χ0) is 19.5. The van der Waals surface area contributed by atoms with E-state index in [1.165, 1.54) is 17.1 Å². The molecule has 2 N–H and O–H groups in total. The maximum absolute atomic E-state index is 12.9. The summed E-state index contributed by atoms with van der Waals surface area (Å²) < 4.78 is 1.49. The number of H-pyrrole nitrogens is 1. The van der Waals surface area contributed by atoms with Crippen LogP contribution < -0.4 is 11.0 Å². The molecule has 0 aliphatic rings. The first-order chi connectivity index (χ1) is 13.6. The molecule has 0 atom stereocenters. The predicted octanol–water partition coefficient (Wildman–Crippen LogP) is 2.79. The van der Waals surface area contributed by atoms with Crippen LogP contribution in [0.4, 0.5) is 0 Å². The van der Waals surface area contributed by atoms with Crippen LogP contribution in [0.2, 0.25) is 0 Å². The number of nitrogens with one attached hydrogen (secondary N) is 2. The van der Waals surface area contributed by atoms with Crippen molar-refractivity contribution in [3.8, 4) is 5.69 Å². The summed E-state index contributed by atoms with van der Waals surface area (Å²) in [5.74, 6) is -0.396. The second-order valence-corrected chi connectivity index (χ2v) is 6.23. The van der Waals surface area contributed by atoms with E-state index in [1.807, 2.05) is 42.5 Å². The smallest absolute Gasteiger partial charge is 0.280 e. The van der Waals surface area contributed by atoms with Gasteiger partial charge in [0.15, 0.2) is 0 Å². The summed E-state index contributed by atoms with van der Waals surface area (Å²) in [5, 5.41) is 9.00. The normalized spacial score (nSPS) is 11.2. The van der Waals surface area contributed by atoms with E-state index >= 15 is 0 Å². The Bertz CT molecular complexity index is 1230. The number of rotatable bonds is 4. The Morgan fingerprint density at radius 1 is 1.14 bits per heavy atom. The first kappa shape index (κ1) is 17.4. The number of aromatic nitrogens is 3. The molecule has 4 rings (SSSR count). The van der Waals surface area contributed by atoms with Gasteiger partial charge in [-0.1, -0.05) is 36.4 Å². The highest BCUT2D eigenvalue weighted by Gasteiger charge is 2.13. The van der Waals surface area contributed by atoms with Gasteiger partial charge in [-0.05, 0) is 30.5 Å². The molecule has 138 valence electrons. The minimum atomic E-state index is -0.396. The minimum absolute atomic E-state index is 0.242. The monoisotopic (exact) mass is 371 g/mol. The van der Waals surface area contributed by atoms with E-state index in [2.05, 4.69) is 20.6 Å². The Kier molecular flexibility index (Phi) is 4.55. The van der Waals surface area contributed by atoms with Gasteiger partial charge in [0.2, 0.25) is 0 Å². The van der Waals surface area contributed by atoms with Crippen molar-refractivity contribution in [2.75, 3.05) is 0 Å². The average Bonchev–Trinajstić information content (AvgIpc) is 3.02. The zero-order valence-corrected chi connectivity index (χ0v) is 15.1. The van der Waals surface area contributed by atoms with Crippen molar-refractivity contribution in [2.24, 2.45) is 5.10 Å².